The zero-order chi connectivity index (χ0) is 29.6. The standard InChI is InChI=1S/C32H23Cl2N3O4S/c33-26-11-6-12-27(34)25(26)19-28(36-29(38)20-7-2-1-3-8-20)30(39)35-21-13-15-22(16-14-21)42-18-17-37-31(40)23-9-4-5-10-24(23)32(37)41/h1-16,19H,17-18H2,(H,35,39)(H,36,38)/b28-19-. The van der Waals surface area contributed by atoms with Crippen molar-refractivity contribution in [2.75, 3.05) is 17.6 Å². The smallest absolute Gasteiger partial charge is 0.272 e. The van der Waals surface area contributed by atoms with Gasteiger partial charge in [0, 0.05) is 44.1 Å². The zero-order valence-electron chi connectivity index (χ0n) is 22.0. The van der Waals surface area contributed by atoms with E-state index in [0.29, 0.717) is 43.7 Å². The molecule has 7 nitrogen and oxygen atoms in total. The third-order valence-corrected chi connectivity index (χ3v) is 8.04. The first-order valence-electron chi connectivity index (χ1n) is 12.8. The number of benzene rings is 4. The number of amides is 4. The quantitative estimate of drug-likeness (QED) is 0.123. The second-order valence-corrected chi connectivity index (χ2v) is 11.1. The van der Waals surface area contributed by atoms with Gasteiger partial charge in [0.15, 0.2) is 0 Å². The molecule has 4 aromatic carbocycles. The molecule has 0 aromatic heterocycles. The van der Waals surface area contributed by atoms with Crippen LogP contribution in [0.3, 0.4) is 0 Å². The number of carbonyl (C=O) groups is 4. The fourth-order valence-corrected chi connectivity index (χ4v) is 5.61. The molecule has 0 aliphatic carbocycles. The number of nitrogens with zero attached hydrogens (tertiary/aromatic N) is 1. The molecule has 10 heteroatoms. The second kappa shape index (κ2) is 13.1. The first kappa shape index (κ1) is 29.1. The Hall–Kier alpha value is -4.37. The van der Waals surface area contributed by atoms with Crippen LogP contribution in [0.4, 0.5) is 5.69 Å². The average molecular weight is 617 g/mol. The van der Waals surface area contributed by atoms with Gasteiger partial charge < -0.3 is 10.6 Å². The van der Waals surface area contributed by atoms with Gasteiger partial charge in [-0.15, -0.1) is 11.8 Å². The number of rotatable bonds is 9. The molecule has 210 valence electrons. The van der Waals surface area contributed by atoms with Crippen LogP contribution in [0.25, 0.3) is 6.08 Å². The topological polar surface area (TPSA) is 95.6 Å². The van der Waals surface area contributed by atoms with E-state index in [-0.39, 0.29) is 24.1 Å². The van der Waals surface area contributed by atoms with E-state index in [4.69, 9.17) is 23.2 Å². The van der Waals surface area contributed by atoms with Crippen LogP contribution in [0.5, 0.6) is 0 Å². The summed E-state index contributed by atoms with van der Waals surface area (Å²) in [7, 11) is 0. The number of halogens is 2. The number of hydrogen-bond acceptors (Lipinski definition) is 5. The van der Waals surface area contributed by atoms with Crippen molar-refractivity contribution in [1.82, 2.24) is 10.2 Å². The van der Waals surface area contributed by atoms with Crippen molar-refractivity contribution < 1.29 is 19.2 Å². The Kier molecular flexibility index (Phi) is 9.07. The van der Waals surface area contributed by atoms with E-state index in [9.17, 15) is 19.2 Å². The minimum atomic E-state index is -0.568. The molecule has 0 saturated carbocycles. The van der Waals surface area contributed by atoms with Crippen molar-refractivity contribution in [3.8, 4) is 0 Å². The molecule has 0 radical (unpaired) electrons. The van der Waals surface area contributed by atoms with Gasteiger partial charge in [-0.25, -0.2) is 0 Å². The number of nitrogens with one attached hydrogen (secondary N) is 2. The van der Waals surface area contributed by atoms with Crippen molar-refractivity contribution in [2.24, 2.45) is 0 Å². The lowest BCUT2D eigenvalue weighted by Crippen LogP contribution is -2.31. The van der Waals surface area contributed by atoms with Gasteiger partial charge in [-0.1, -0.05) is 59.6 Å². The Morgan fingerprint density at radius 1 is 0.762 bits per heavy atom. The van der Waals surface area contributed by atoms with E-state index in [1.807, 2.05) is 12.1 Å². The van der Waals surface area contributed by atoms with Crippen molar-refractivity contribution >= 4 is 70.4 Å². The monoisotopic (exact) mass is 615 g/mol. The largest absolute Gasteiger partial charge is 0.321 e. The zero-order valence-corrected chi connectivity index (χ0v) is 24.3. The minimum absolute atomic E-state index is 0.0433. The predicted octanol–water partition coefficient (Wildman–Crippen LogP) is 6.79. The lowest BCUT2D eigenvalue weighted by molar-refractivity contribution is -0.113. The summed E-state index contributed by atoms with van der Waals surface area (Å²) < 4.78 is 0. The fourth-order valence-electron chi connectivity index (χ4n) is 4.27. The summed E-state index contributed by atoms with van der Waals surface area (Å²) in [6, 6.07) is 27.4. The Bertz CT molecular complexity index is 1650. The summed E-state index contributed by atoms with van der Waals surface area (Å²) in [5, 5.41) is 6.10. The van der Waals surface area contributed by atoms with E-state index in [1.54, 1.807) is 84.9 Å². The minimum Gasteiger partial charge on any atom is -0.321 e. The molecule has 0 atom stereocenters. The highest BCUT2D eigenvalue weighted by molar-refractivity contribution is 7.99. The van der Waals surface area contributed by atoms with Crippen LogP contribution >= 0.6 is 35.0 Å². The van der Waals surface area contributed by atoms with Gasteiger partial charge in [0.05, 0.1) is 11.1 Å². The third kappa shape index (κ3) is 6.57. The highest BCUT2D eigenvalue weighted by Gasteiger charge is 2.34. The Labute approximate surface area is 256 Å². The molecule has 0 fully saturated rings. The first-order chi connectivity index (χ1) is 20.3. The lowest BCUT2D eigenvalue weighted by Gasteiger charge is -2.14. The Balaban J connectivity index is 1.24. The van der Waals surface area contributed by atoms with Gasteiger partial charge in [-0.2, -0.15) is 0 Å². The molecule has 4 aromatic rings. The summed E-state index contributed by atoms with van der Waals surface area (Å²) in [6.07, 6.45) is 1.43. The van der Waals surface area contributed by atoms with Crippen LogP contribution in [0.15, 0.2) is 108 Å². The molecular weight excluding hydrogens is 593 g/mol. The first-order valence-corrected chi connectivity index (χ1v) is 14.6. The van der Waals surface area contributed by atoms with Gasteiger partial charge in [0.2, 0.25) is 0 Å². The SMILES string of the molecule is O=C(Nc1ccc(SCCN2C(=O)c3ccccc3C2=O)cc1)/C(=C/c1c(Cl)cccc1Cl)NC(=O)c1ccccc1. The summed E-state index contributed by atoms with van der Waals surface area (Å²) >= 11 is 14.1. The van der Waals surface area contributed by atoms with Crippen LogP contribution in [0, 0.1) is 0 Å². The molecule has 1 aliphatic heterocycles. The number of thioether (sulfide) groups is 1. The van der Waals surface area contributed by atoms with Crippen LogP contribution in [0.2, 0.25) is 10.0 Å². The second-order valence-electron chi connectivity index (χ2n) is 9.15. The normalized spacial score (nSPS) is 12.7. The van der Waals surface area contributed by atoms with E-state index >= 15 is 0 Å². The summed E-state index contributed by atoms with van der Waals surface area (Å²) in [4.78, 5) is 53.5. The fraction of sp³-hybridized carbons (Fsp3) is 0.0625. The Morgan fingerprint density at radius 2 is 1.36 bits per heavy atom. The molecule has 0 unspecified atom stereocenters. The third-order valence-electron chi connectivity index (χ3n) is 6.39. The molecule has 4 amide bonds. The maximum absolute atomic E-state index is 13.3. The highest BCUT2D eigenvalue weighted by Crippen LogP contribution is 2.28. The number of hydrogen-bond donors (Lipinski definition) is 2. The number of anilines is 1. The molecule has 0 spiro atoms. The van der Waals surface area contributed by atoms with Crippen LogP contribution in [0.1, 0.15) is 36.6 Å². The van der Waals surface area contributed by atoms with Crippen LogP contribution < -0.4 is 10.6 Å². The van der Waals surface area contributed by atoms with Gasteiger partial charge in [-0.05, 0) is 66.7 Å². The van der Waals surface area contributed by atoms with Crippen molar-refractivity contribution in [3.63, 3.8) is 0 Å². The van der Waals surface area contributed by atoms with Crippen molar-refractivity contribution in [2.45, 2.75) is 4.90 Å². The summed E-state index contributed by atoms with van der Waals surface area (Å²) in [6.45, 7) is 0.273. The maximum atomic E-state index is 13.3. The molecule has 42 heavy (non-hydrogen) atoms. The number of imide groups is 1. The molecular formula is C32H23Cl2N3O4S. The molecule has 1 aliphatic rings. The Morgan fingerprint density at radius 3 is 1.98 bits per heavy atom. The van der Waals surface area contributed by atoms with E-state index in [1.165, 1.54) is 22.7 Å². The maximum Gasteiger partial charge on any atom is 0.272 e. The van der Waals surface area contributed by atoms with E-state index < -0.39 is 11.8 Å². The molecule has 2 N–H and O–H groups in total. The van der Waals surface area contributed by atoms with Gasteiger partial charge in [0.1, 0.15) is 5.70 Å². The molecule has 1 heterocycles. The van der Waals surface area contributed by atoms with Crippen molar-refractivity contribution in [1.29, 1.82) is 0 Å². The lowest BCUT2D eigenvalue weighted by atomic mass is 10.1. The van der Waals surface area contributed by atoms with Crippen LogP contribution in [-0.4, -0.2) is 40.8 Å². The van der Waals surface area contributed by atoms with Gasteiger partial charge in [0.25, 0.3) is 23.6 Å². The van der Waals surface area contributed by atoms with Crippen molar-refractivity contribution in [3.05, 3.63) is 135 Å². The van der Waals surface area contributed by atoms with Gasteiger partial charge in [-0.3, -0.25) is 24.1 Å². The molecule has 0 bridgehead atoms. The number of fused-ring (bicyclic) bond motifs is 1. The van der Waals surface area contributed by atoms with E-state index in [0.717, 1.165) is 4.90 Å². The summed E-state index contributed by atoms with van der Waals surface area (Å²) in [5.74, 6) is -1.09. The molecule has 0 saturated heterocycles. The summed E-state index contributed by atoms with van der Waals surface area (Å²) in [5.41, 5.74) is 2.08. The van der Waals surface area contributed by atoms with E-state index in [2.05, 4.69) is 10.6 Å². The predicted molar refractivity (Wildman–Crippen MR) is 166 cm³/mol. The van der Waals surface area contributed by atoms with Crippen LogP contribution in [-0.2, 0) is 4.79 Å². The molecule has 5 rings (SSSR count). The average Bonchev–Trinajstić information content (AvgIpc) is 3.24. The van der Waals surface area contributed by atoms with Gasteiger partial charge >= 0.3 is 0 Å². The highest BCUT2D eigenvalue weighted by atomic mass is 35.5. The number of carbonyl (C=O) groups excluding carboxylic acids is 4.